The first-order chi connectivity index (χ1) is 6.81. The molecule has 0 atom stereocenters. The van der Waals surface area contributed by atoms with E-state index in [-0.39, 0.29) is 5.78 Å². The molecule has 1 aromatic rings. The SMILES string of the molecule is O=C(CCCl)c1ccc2c(c1)OCN2. The van der Waals surface area contributed by atoms with Crippen molar-refractivity contribution in [3.05, 3.63) is 23.8 Å². The van der Waals surface area contributed by atoms with Crippen molar-refractivity contribution in [3.63, 3.8) is 0 Å². The Morgan fingerprint density at radius 2 is 2.43 bits per heavy atom. The molecule has 0 aliphatic carbocycles. The second-order valence-electron chi connectivity index (χ2n) is 3.04. The fourth-order valence-electron chi connectivity index (χ4n) is 1.38. The Morgan fingerprint density at radius 3 is 3.21 bits per heavy atom. The number of fused-ring (bicyclic) bond motifs is 1. The van der Waals surface area contributed by atoms with E-state index in [0.29, 0.717) is 24.6 Å². The van der Waals surface area contributed by atoms with Gasteiger partial charge in [-0.2, -0.15) is 0 Å². The van der Waals surface area contributed by atoms with E-state index in [1.165, 1.54) is 0 Å². The van der Waals surface area contributed by atoms with E-state index in [4.69, 9.17) is 16.3 Å². The molecule has 0 aromatic heterocycles. The zero-order valence-electron chi connectivity index (χ0n) is 7.55. The molecule has 0 radical (unpaired) electrons. The van der Waals surface area contributed by atoms with E-state index >= 15 is 0 Å². The topological polar surface area (TPSA) is 38.3 Å². The van der Waals surface area contributed by atoms with Gasteiger partial charge in [0.05, 0.1) is 5.69 Å². The molecule has 0 saturated carbocycles. The van der Waals surface area contributed by atoms with Crippen LogP contribution in [0.25, 0.3) is 0 Å². The lowest BCUT2D eigenvalue weighted by molar-refractivity contribution is 0.0989. The third-order valence-corrected chi connectivity index (χ3v) is 2.30. The van der Waals surface area contributed by atoms with Gasteiger partial charge in [-0.3, -0.25) is 4.79 Å². The minimum absolute atomic E-state index is 0.0540. The maximum atomic E-state index is 11.5. The number of alkyl halides is 1. The quantitative estimate of drug-likeness (QED) is 0.616. The van der Waals surface area contributed by atoms with Crippen LogP contribution in [0.1, 0.15) is 16.8 Å². The summed E-state index contributed by atoms with van der Waals surface area (Å²) in [4.78, 5) is 11.5. The van der Waals surface area contributed by atoms with Gasteiger partial charge < -0.3 is 10.1 Å². The Bertz CT molecular complexity index is 365. The predicted octanol–water partition coefficient (Wildman–Crippen LogP) is 2.26. The zero-order valence-corrected chi connectivity index (χ0v) is 8.30. The van der Waals surface area contributed by atoms with Gasteiger partial charge in [0.1, 0.15) is 5.75 Å². The summed E-state index contributed by atoms with van der Waals surface area (Å²) in [7, 11) is 0. The summed E-state index contributed by atoms with van der Waals surface area (Å²) in [6.45, 7) is 0.475. The number of carbonyl (C=O) groups excluding carboxylic acids is 1. The van der Waals surface area contributed by atoms with E-state index in [0.717, 1.165) is 11.4 Å². The van der Waals surface area contributed by atoms with Crippen LogP contribution < -0.4 is 10.1 Å². The average Bonchev–Trinajstić information content (AvgIpc) is 2.64. The molecule has 0 bridgehead atoms. The van der Waals surface area contributed by atoms with Crippen LogP contribution in [-0.4, -0.2) is 18.4 Å². The Labute approximate surface area is 87.0 Å². The molecule has 1 aliphatic heterocycles. The highest BCUT2D eigenvalue weighted by Crippen LogP contribution is 2.30. The molecule has 1 aliphatic rings. The minimum Gasteiger partial charge on any atom is -0.471 e. The van der Waals surface area contributed by atoms with E-state index in [1.807, 2.05) is 6.07 Å². The number of halogens is 1. The fraction of sp³-hybridized carbons (Fsp3) is 0.300. The summed E-state index contributed by atoms with van der Waals surface area (Å²) in [5, 5.41) is 3.04. The Hall–Kier alpha value is -1.22. The van der Waals surface area contributed by atoms with Gasteiger partial charge in [0, 0.05) is 17.9 Å². The number of hydrogen-bond acceptors (Lipinski definition) is 3. The van der Waals surface area contributed by atoms with Crippen molar-refractivity contribution < 1.29 is 9.53 Å². The summed E-state index contributed by atoms with van der Waals surface area (Å²) in [5.74, 6) is 1.15. The average molecular weight is 212 g/mol. The molecular weight excluding hydrogens is 202 g/mol. The molecule has 1 heterocycles. The predicted molar refractivity (Wildman–Crippen MR) is 55.2 cm³/mol. The molecular formula is C10H10ClNO2. The second kappa shape index (κ2) is 3.88. The van der Waals surface area contributed by atoms with Crippen molar-refractivity contribution in [2.45, 2.75) is 6.42 Å². The molecule has 1 aromatic carbocycles. The van der Waals surface area contributed by atoms with Gasteiger partial charge in [0.15, 0.2) is 12.5 Å². The Balaban J connectivity index is 2.24. The normalized spacial score (nSPS) is 12.9. The van der Waals surface area contributed by atoms with E-state index < -0.39 is 0 Å². The van der Waals surface area contributed by atoms with Gasteiger partial charge in [0.25, 0.3) is 0 Å². The van der Waals surface area contributed by atoms with E-state index in [2.05, 4.69) is 5.32 Å². The molecule has 0 amide bonds. The van der Waals surface area contributed by atoms with Crippen LogP contribution in [0, 0.1) is 0 Å². The van der Waals surface area contributed by atoms with Gasteiger partial charge >= 0.3 is 0 Å². The second-order valence-corrected chi connectivity index (χ2v) is 3.42. The van der Waals surface area contributed by atoms with Crippen molar-refractivity contribution in [1.82, 2.24) is 0 Å². The highest BCUT2D eigenvalue weighted by Gasteiger charge is 2.13. The lowest BCUT2D eigenvalue weighted by Crippen LogP contribution is -1.99. The first kappa shape index (κ1) is 9.34. The van der Waals surface area contributed by atoms with Crippen molar-refractivity contribution in [2.75, 3.05) is 17.9 Å². The fourth-order valence-corrected chi connectivity index (χ4v) is 1.55. The molecule has 3 nitrogen and oxygen atoms in total. The molecule has 2 rings (SSSR count). The van der Waals surface area contributed by atoms with Crippen LogP contribution in [0.15, 0.2) is 18.2 Å². The third kappa shape index (κ3) is 1.68. The summed E-state index contributed by atoms with van der Waals surface area (Å²) in [5.41, 5.74) is 1.60. The highest BCUT2D eigenvalue weighted by atomic mass is 35.5. The van der Waals surface area contributed by atoms with Gasteiger partial charge in [-0.05, 0) is 18.2 Å². The number of rotatable bonds is 3. The van der Waals surface area contributed by atoms with E-state index in [9.17, 15) is 4.79 Å². The number of Topliss-reactive ketones (excluding diaryl/α,β-unsaturated/α-hetero) is 1. The van der Waals surface area contributed by atoms with Crippen molar-refractivity contribution >= 4 is 23.1 Å². The minimum atomic E-state index is 0.0540. The molecule has 0 saturated heterocycles. The Morgan fingerprint density at radius 1 is 1.57 bits per heavy atom. The van der Waals surface area contributed by atoms with Crippen LogP contribution in [0.3, 0.4) is 0 Å². The van der Waals surface area contributed by atoms with E-state index in [1.54, 1.807) is 12.1 Å². The molecule has 74 valence electrons. The number of ether oxygens (including phenoxy) is 1. The molecule has 14 heavy (non-hydrogen) atoms. The number of benzene rings is 1. The maximum Gasteiger partial charge on any atom is 0.164 e. The number of hydrogen-bond donors (Lipinski definition) is 1. The van der Waals surface area contributed by atoms with Crippen LogP contribution >= 0.6 is 11.6 Å². The van der Waals surface area contributed by atoms with Crippen molar-refractivity contribution in [2.24, 2.45) is 0 Å². The summed E-state index contributed by atoms with van der Waals surface area (Å²) in [6.07, 6.45) is 0.369. The monoisotopic (exact) mass is 211 g/mol. The molecule has 4 heteroatoms. The number of nitrogens with one attached hydrogen (secondary N) is 1. The highest BCUT2D eigenvalue weighted by molar-refractivity contribution is 6.19. The van der Waals surface area contributed by atoms with Crippen LogP contribution in [0.2, 0.25) is 0 Å². The van der Waals surface area contributed by atoms with Gasteiger partial charge in [0.2, 0.25) is 0 Å². The third-order valence-electron chi connectivity index (χ3n) is 2.12. The summed E-state index contributed by atoms with van der Waals surface area (Å²) >= 11 is 5.50. The number of anilines is 1. The molecule has 0 fully saturated rings. The van der Waals surface area contributed by atoms with Gasteiger partial charge in [-0.1, -0.05) is 0 Å². The van der Waals surface area contributed by atoms with Crippen molar-refractivity contribution in [1.29, 1.82) is 0 Å². The first-order valence-corrected chi connectivity index (χ1v) is 4.94. The lowest BCUT2D eigenvalue weighted by Gasteiger charge is -2.01. The zero-order chi connectivity index (χ0) is 9.97. The lowest BCUT2D eigenvalue weighted by atomic mass is 10.1. The van der Waals surface area contributed by atoms with Crippen LogP contribution in [-0.2, 0) is 0 Å². The first-order valence-electron chi connectivity index (χ1n) is 4.41. The van der Waals surface area contributed by atoms with Gasteiger partial charge in [-0.15, -0.1) is 11.6 Å². The number of carbonyl (C=O) groups is 1. The van der Waals surface area contributed by atoms with Crippen LogP contribution in [0.5, 0.6) is 5.75 Å². The smallest absolute Gasteiger partial charge is 0.164 e. The Kier molecular flexibility index (Phi) is 2.59. The summed E-state index contributed by atoms with van der Waals surface area (Å²) < 4.78 is 5.27. The molecule has 0 spiro atoms. The maximum absolute atomic E-state index is 11.5. The van der Waals surface area contributed by atoms with Crippen molar-refractivity contribution in [3.8, 4) is 5.75 Å². The molecule has 0 unspecified atom stereocenters. The van der Waals surface area contributed by atoms with Gasteiger partial charge in [-0.25, -0.2) is 0 Å². The largest absolute Gasteiger partial charge is 0.471 e. The summed E-state index contributed by atoms with van der Waals surface area (Å²) in [6, 6.07) is 5.39. The van der Waals surface area contributed by atoms with Crippen LogP contribution in [0.4, 0.5) is 5.69 Å². The molecule has 1 N–H and O–H groups in total. The number of ketones is 1. The standard InChI is InChI=1S/C10H10ClNO2/c11-4-3-9(13)7-1-2-8-10(5-7)14-6-12-8/h1-2,5,12H,3-4,6H2.